The van der Waals surface area contributed by atoms with Crippen molar-refractivity contribution < 1.29 is 41.4 Å². The van der Waals surface area contributed by atoms with Gasteiger partial charge in [0, 0.05) is 7.05 Å². The Morgan fingerprint density at radius 3 is 2.42 bits per heavy atom. The van der Waals surface area contributed by atoms with Crippen LogP contribution in [-0.4, -0.2) is 57.9 Å². The van der Waals surface area contributed by atoms with E-state index < -0.39 is 75.7 Å². The van der Waals surface area contributed by atoms with Gasteiger partial charge < -0.3 is 10.0 Å². The number of alkyl halides is 3. The van der Waals surface area contributed by atoms with Gasteiger partial charge >= 0.3 is 18.3 Å². The molecule has 0 spiro atoms. The lowest BCUT2D eigenvalue weighted by molar-refractivity contribution is -0.137. The third-order valence-electron chi connectivity index (χ3n) is 4.62. The number of carbonyl (C=O) groups excluding carboxylic acids is 2. The molecule has 0 bridgehead atoms. The van der Waals surface area contributed by atoms with Gasteiger partial charge in [0.25, 0.3) is 5.91 Å². The molecular formula is C17H10Cl2F5N5O4. The zero-order valence-electron chi connectivity index (χ0n) is 16.1. The number of carboxylic acid groups (broad SMARTS) is 1. The Kier molecular flexibility index (Phi) is 6.35. The smallest absolute Gasteiger partial charge is 0.419 e. The predicted molar refractivity (Wildman–Crippen MR) is 103 cm³/mol. The molecule has 1 aliphatic heterocycles. The number of urea groups is 1. The van der Waals surface area contributed by atoms with E-state index in [9.17, 15) is 41.4 Å². The summed E-state index contributed by atoms with van der Waals surface area (Å²) in [5.41, 5.74) is -2.03. The SMILES string of the molecule is CN(C(=O)[C@@H]1CN(C(=O)O)C(=O)N1c1cc(C(F)(F)F)c(Cl)nn1)c1ccc(F)c(Cl)c1F. The van der Waals surface area contributed by atoms with Gasteiger partial charge in [-0.1, -0.05) is 23.2 Å². The van der Waals surface area contributed by atoms with Crippen molar-refractivity contribution in [2.45, 2.75) is 12.2 Å². The maximum atomic E-state index is 14.4. The second kappa shape index (κ2) is 8.59. The van der Waals surface area contributed by atoms with Crippen LogP contribution in [0.15, 0.2) is 18.2 Å². The van der Waals surface area contributed by atoms with E-state index in [2.05, 4.69) is 10.2 Å². The molecule has 9 nitrogen and oxygen atoms in total. The number of aromatic nitrogens is 2. The van der Waals surface area contributed by atoms with Gasteiger partial charge in [-0.25, -0.2) is 23.3 Å². The zero-order chi connectivity index (χ0) is 24.8. The molecule has 2 heterocycles. The number of imide groups is 1. The van der Waals surface area contributed by atoms with Gasteiger partial charge in [-0.15, -0.1) is 10.2 Å². The second-order valence-corrected chi connectivity index (χ2v) is 7.29. The van der Waals surface area contributed by atoms with Crippen LogP contribution >= 0.6 is 23.2 Å². The van der Waals surface area contributed by atoms with Crippen LogP contribution in [0.1, 0.15) is 5.56 Å². The van der Waals surface area contributed by atoms with Gasteiger partial charge in [-0.2, -0.15) is 13.2 Å². The highest BCUT2D eigenvalue weighted by Crippen LogP contribution is 2.36. The molecule has 1 atom stereocenters. The van der Waals surface area contributed by atoms with Gasteiger partial charge in [0.2, 0.25) is 0 Å². The van der Waals surface area contributed by atoms with Crippen LogP contribution in [0.5, 0.6) is 0 Å². The van der Waals surface area contributed by atoms with Crippen molar-refractivity contribution in [3.05, 3.63) is 45.6 Å². The number of hydrogen-bond acceptors (Lipinski definition) is 5. The number of amides is 4. The van der Waals surface area contributed by atoms with Gasteiger partial charge in [0.05, 0.1) is 17.8 Å². The van der Waals surface area contributed by atoms with Gasteiger partial charge in [-0.05, 0) is 18.2 Å². The molecule has 1 aromatic carbocycles. The molecule has 3 rings (SSSR count). The molecule has 0 radical (unpaired) electrons. The van der Waals surface area contributed by atoms with Crippen molar-refractivity contribution >= 4 is 52.7 Å². The Balaban J connectivity index is 2.07. The maximum Gasteiger partial charge on any atom is 0.419 e. The third-order valence-corrected chi connectivity index (χ3v) is 5.24. The molecule has 1 aliphatic rings. The number of nitrogens with zero attached hydrogens (tertiary/aromatic N) is 5. The van der Waals surface area contributed by atoms with Crippen molar-refractivity contribution in [1.82, 2.24) is 15.1 Å². The normalized spacial score (nSPS) is 16.4. The predicted octanol–water partition coefficient (Wildman–Crippen LogP) is 4.03. The summed E-state index contributed by atoms with van der Waals surface area (Å²) < 4.78 is 67.5. The molecule has 0 saturated carbocycles. The lowest BCUT2D eigenvalue weighted by Gasteiger charge is -2.26. The molecule has 1 fully saturated rings. The minimum atomic E-state index is -5.01. The third kappa shape index (κ3) is 4.35. The Hall–Kier alpha value is -3.26. The van der Waals surface area contributed by atoms with Crippen LogP contribution in [0.25, 0.3) is 0 Å². The first-order chi connectivity index (χ1) is 15.3. The van der Waals surface area contributed by atoms with E-state index in [1.165, 1.54) is 0 Å². The van der Waals surface area contributed by atoms with E-state index in [1.807, 2.05) is 0 Å². The monoisotopic (exact) mass is 513 g/mol. The number of hydrogen-bond donors (Lipinski definition) is 1. The highest BCUT2D eigenvalue weighted by molar-refractivity contribution is 6.31. The topological polar surface area (TPSA) is 107 Å². The fraction of sp³-hybridized carbons (Fsp3) is 0.235. The van der Waals surface area contributed by atoms with Gasteiger partial charge in [0.15, 0.2) is 16.8 Å². The summed E-state index contributed by atoms with van der Waals surface area (Å²) in [5, 5.41) is 13.8. The Morgan fingerprint density at radius 2 is 1.85 bits per heavy atom. The summed E-state index contributed by atoms with van der Waals surface area (Å²) in [6.45, 7) is -0.834. The summed E-state index contributed by atoms with van der Waals surface area (Å²) in [6, 6.07) is -1.26. The molecule has 16 heteroatoms. The van der Waals surface area contributed by atoms with Crippen LogP contribution in [0.2, 0.25) is 10.2 Å². The van der Waals surface area contributed by atoms with Crippen LogP contribution in [-0.2, 0) is 11.0 Å². The van der Waals surface area contributed by atoms with Crippen molar-refractivity contribution in [2.75, 3.05) is 23.4 Å². The molecule has 2 aromatic rings. The molecule has 0 unspecified atom stereocenters. The van der Waals surface area contributed by atoms with Crippen molar-refractivity contribution in [3.63, 3.8) is 0 Å². The first-order valence-electron chi connectivity index (χ1n) is 8.60. The molecular weight excluding hydrogens is 504 g/mol. The van der Waals surface area contributed by atoms with E-state index in [4.69, 9.17) is 23.2 Å². The van der Waals surface area contributed by atoms with Crippen molar-refractivity contribution in [3.8, 4) is 0 Å². The van der Waals surface area contributed by atoms with Crippen LogP contribution in [0.3, 0.4) is 0 Å². The van der Waals surface area contributed by atoms with E-state index >= 15 is 0 Å². The summed E-state index contributed by atoms with van der Waals surface area (Å²) in [6.07, 6.45) is -6.82. The molecule has 176 valence electrons. The first kappa shape index (κ1) is 24.4. The van der Waals surface area contributed by atoms with Crippen molar-refractivity contribution in [2.24, 2.45) is 0 Å². The number of benzene rings is 1. The summed E-state index contributed by atoms with van der Waals surface area (Å²) in [4.78, 5) is 38.2. The summed E-state index contributed by atoms with van der Waals surface area (Å²) >= 11 is 10.9. The fourth-order valence-corrected chi connectivity index (χ4v) is 3.36. The minimum Gasteiger partial charge on any atom is -0.465 e. The Morgan fingerprint density at radius 1 is 1.21 bits per heavy atom. The molecule has 1 N–H and O–H groups in total. The van der Waals surface area contributed by atoms with Gasteiger partial charge in [-0.3, -0.25) is 9.69 Å². The van der Waals surface area contributed by atoms with Crippen LogP contribution in [0.4, 0.5) is 43.0 Å². The highest BCUT2D eigenvalue weighted by Gasteiger charge is 2.48. The molecule has 33 heavy (non-hydrogen) atoms. The maximum absolute atomic E-state index is 14.4. The summed E-state index contributed by atoms with van der Waals surface area (Å²) in [5.74, 6) is -4.42. The van der Waals surface area contributed by atoms with E-state index in [0.29, 0.717) is 15.9 Å². The molecule has 0 aliphatic carbocycles. The van der Waals surface area contributed by atoms with E-state index in [1.54, 1.807) is 0 Å². The standard InChI is InChI=1S/C17H10Cl2F5N5O4/c1-27(8-3-2-7(20)11(18)12(8)21)14(30)9-5-28(16(32)33)15(31)29(9)10-4-6(17(22,23)24)13(19)26-25-10/h2-4,9H,5H2,1H3,(H,32,33)/t9-/m0/s1. The second-order valence-electron chi connectivity index (χ2n) is 6.56. The van der Waals surface area contributed by atoms with Crippen molar-refractivity contribution in [1.29, 1.82) is 0 Å². The summed E-state index contributed by atoms with van der Waals surface area (Å²) in [7, 11) is 1.01. The number of rotatable bonds is 3. The fourth-order valence-electron chi connectivity index (χ4n) is 3.00. The Bertz CT molecular complexity index is 1170. The largest absolute Gasteiger partial charge is 0.465 e. The number of likely N-dealkylation sites (N-methyl/N-ethyl adjacent to an activating group) is 1. The zero-order valence-corrected chi connectivity index (χ0v) is 17.6. The van der Waals surface area contributed by atoms with Crippen LogP contribution in [0, 0.1) is 11.6 Å². The molecule has 1 saturated heterocycles. The molecule has 4 amide bonds. The first-order valence-corrected chi connectivity index (χ1v) is 9.36. The number of anilines is 2. The van der Waals surface area contributed by atoms with E-state index in [0.717, 1.165) is 19.2 Å². The lowest BCUT2D eigenvalue weighted by atomic mass is 10.2. The average Bonchev–Trinajstić information content (AvgIpc) is 3.08. The lowest BCUT2D eigenvalue weighted by Crippen LogP contribution is -2.47. The van der Waals surface area contributed by atoms with Gasteiger partial charge in [0.1, 0.15) is 16.9 Å². The van der Waals surface area contributed by atoms with E-state index in [-0.39, 0.29) is 4.90 Å². The number of carbonyl (C=O) groups is 3. The Labute approximate surface area is 190 Å². The number of halogens is 7. The van der Waals surface area contributed by atoms with Crippen LogP contribution < -0.4 is 9.80 Å². The molecule has 1 aromatic heterocycles. The quantitative estimate of drug-likeness (QED) is 0.490. The minimum absolute atomic E-state index is 0.147. The average molecular weight is 514 g/mol. The highest BCUT2D eigenvalue weighted by atomic mass is 35.5.